The van der Waals surface area contributed by atoms with Crippen molar-refractivity contribution in [2.24, 2.45) is 0 Å². The summed E-state index contributed by atoms with van der Waals surface area (Å²) in [6.45, 7) is 3.90. The van der Waals surface area contributed by atoms with E-state index in [4.69, 9.17) is 17.3 Å². The fraction of sp³-hybridized carbons (Fsp3) is 0.267. The first-order valence-electron chi connectivity index (χ1n) is 6.40. The maximum absolute atomic E-state index is 5.88. The minimum atomic E-state index is 0.657. The molecule has 1 aromatic carbocycles. The minimum absolute atomic E-state index is 0.657. The van der Waals surface area contributed by atoms with Crippen LogP contribution in [0, 0.1) is 0 Å². The molecule has 0 saturated carbocycles. The van der Waals surface area contributed by atoms with Gasteiger partial charge in [0, 0.05) is 25.0 Å². The summed E-state index contributed by atoms with van der Waals surface area (Å²) in [5.74, 6) is 0.939. The monoisotopic (exact) mass is 275 g/mol. The molecule has 0 aliphatic rings. The zero-order chi connectivity index (χ0) is 13.7. The molecule has 0 fully saturated rings. The van der Waals surface area contributed by atoms with Crippen LogP contribution in [0.25, 0.3) is 0 Å². The first kappa shape index (κ1) is 13.7. The van der Waals surface area contributed by atoms with Gasteiger partial charge in [-0.05, 0) is 36.2 Å². The standard InChI is InChI=1S/C15H18ClN3/c1-2-8-19(15-7-6-13(16)10-18-15)11-12-4-3-5-14(17)9-12/h3-7,9-10H,2,8,11,17H2,1H3. The number of nitrogen functional groups attached to an aromatic ring is 1. The quantitative estimate of drug-likeness (QED) is 0.846. The van der Waals surface area contributed by atoms with Crippen molar-refractivity contribution in [2.45, 2.75) is 19.9 Å². The van der Waals surface area contributed by atoms with Gasteiger partial charge in [-0.3, -0.25) is 0 Å². The van der Waals surface area contributed by atoms with E-state index in [-0.39, 0.29) is 0 Å². The molecule has 1 aromatic heterocycles. The molecule has 0 amide bonds. The Morgan fingerprint density at radius 3 is 2.74 bits per heavy atom. The van der Waals surface area contributed by atoms with Gasteiger partial charge in [-0.25, -0.2) is 4.98 Å². The van der Waals surface area contributed by atoms with Gasteiger partial charge >= 0.3 is 0 Å². The molecule has 100 valence electrons. The smallest absolute Gasteiger partial charge is 0.128 e. The van der Waals surface area contributed by atoms with E-state index in [1.165, 1.54) is 5.56 Å². The number of aromatic nitrogens is 1. The van der Waals surface area contributed by atoms with E-state index < -0.39 is 0 Å². The van der Waals surface area contributed by atoms with Gasteiger partial charge < -0.3 is 10.6 Å². The Bertz CT molecular complexity index is 525. The molecule has 2 N–H and O–H groups in total. The van der Waals surface area contributed by atoms with Crippen LogP contribution in [0.1, 0.15) is 18.9 Å². The van der Waals surface area contributed by atoms with Crippen molar-refractivity contribution in [3.63, 3.8) is 0 Å². The van der Waals surface area contributed by atoms with E-state index in [2.05, 4.69) is 22.9 Å². The summed E-state index contributed by atoms with van der Waals surface area (Å²) in [5.41, 5.74) is 7.79. The van der Waals surface area contributed by atoms with E-state index >= 15 is 0 Å². The summed E-state index contributed by atoms with van der Waals surface area (Å²) >= 11 is 5.88. The third kappa shape index (κ3) is 3.86. The van der Waals surface area contributed by atoms with Gasteiger partial charge in [0.05, 0.1) is 5.02 Å². The van der Waals surface area contributed by atoms with Crippen molar-refractivity contribution in [3.05, 3.63) is 53.2 Å². The van der Waals surface area contributed by atoms with Crippen LogP contribution in [0.3, 0.4) is 0 Å². The molecule has 0 bridgehead atoms. The topological polar surface area (TPSA) is 42.1 Å². The van der Waals surface area contributed by atoms with Crippen LogP contribution in [-0.2, 0) is 6.54 Å². The number of rotatable bonds is 5. The van der Waals surface area contributed by atoms with E-state index in [9.17, 15) is 0 Å². The Labute approximate surface area is 119 Å². The molecule has 19 heavy (non-hydrogen) atoms. The molecule has 1 heterocycles. The molecule has 0 spiro atoms. The van der Waals surface area contributed by atoms with Crippen LogP contribution >= 0.6 is 11.6 Å². The SMILES string of the molecule is CCCN(Cc1cccc(N)c1)c1ccc(Cl)cn1. The molecule has 0 aliphatic carbocycles. The highest BCUT2D eigenvalue weighted by Crippen LogP contribution is 2.18. The fourth-order valence-corrected chi connectivity index (χ4v) is 2.12. The third-order valence-corrected chi connectivity index (χ3v) is 3.08. The Balaban J connectivity index is 2.18. The van der Waals surface area contributed by atoms with Crippen molar-refractivity contribution >= 4 is 23.1 Å². The van der Waals surface area contributed by atoms with Gasteiger partial charge in [-0.2, -0.15) is 0 Å². The van der Waals surface area contributed by atoms with Crippen LogP contribution in [0.5, 0.6) is 0 Å². The highest BCUT2D eigenvalue weighted by Gasteiger charge is 2.08. The fourth-order valence-electron chi connectivity index (χ4n) is 2.01. The highest BCUT2D eigenvalue weighted by molar-refractivity contribution is 6.30. The van der Waals surface area contributed by atoms with E-state index in [0.29, 0.717) is 5.02 Å². The lowest BCUT2D eigenvalue weighted by atomic mass is 10.2. The summed E-state index contributed by atoms with van der Waals surface area (Å²) in [7, 11) is 0. The summed E-state index contributed by atoms with van der Waals surface area (Å²) in [6.07, 6.45) is 2.74. The van der Waals surface area contributed by atoms with Crippen molar-refractivity contribution in [2.75, 3.05) is 17.2 Å². The average molecular weight is 276 g/mol. The lowest BCUT2D eigenvalue weighted by molar-refractivity contribution is 0.755. The molecule has 2 aromatic rings. The van der Waals surface area contributed by atoms with Gasteiger partial charge in [-0.1, -0.05) is 30.7 Å². The molecule has 3 nitrogen and oxygen atoms in total. The molecule has 0 saturated heterocycles. The molecule has 0 aliphatic heterocycles. The Kier molecular flexibility index (Phi) is 4.63. The van der Waals surface area contributed by atoms with Crippen molar-refractivity contribution < 1.29 is 0 Å². The zero-order valence-corrected chi connectivity index (χ0v) is 11.8. The second-order valence-electron chi connectivity index (χ2n) is 4.50. The van der Waals surface area contributed by atoms with Gasteiger partial charge in [0.1, 0.15) is 5.82 Å². The van der Waals surface area contributed by atoms with Gasteiger partial charge in [0.2, 0.25) is 0 Å². The number of anilines is 2. The Hall–Kier alpha value is -1.74. The maximum atomic E-state index is 5.88. The number of hydrogen-bond acceptors (Lipinski definition) is 3. The number of nitrogens with zero attached hydrogens (tertiary/aromatic N) is 2. The molecule has 4 heteroatoms. The molecule has 2 rings (SSSR count). The van der Waals surface area contributed by atoms with Crippen LogP contribution in [0.4, 0.5) is 11.5 Å². The third-order valence-electron chi connectivity index (χ3n) is 2.85. The van der Waals surface area contributed by atoms with Crippen LogP contribution < -0.4 is 10.6 Å². The largest absolute Gasteiger partial charge is 0.399 e. The summed E-state index contributed by atoms with van der Waals surface area (Å²) < 4.78 is 0. The van der Waals surface area contributed by atoms with Crippen molar-refractivity contribution in [3.8, 4) is 0 Å². The van der Waals surface area contributed by atoms with E-state index in [1.54, 1.807) is 6.20 Å². The summed E-state index contributed by atoms with van der Waals surface area (Å²) in [4.78, 5) is 6.61. The maximum Gasteiger partial charge on any atom is 0.128 e. The van der Waals surface area contributed by atoms with Crippen LogP contribution in [0.2, 0.25) is 5.02 Å². The van der Waals surface area contributed by atoms with Crippen molar-refractivity contribution in [1.29, 1.82) is 0 Å². The Morgan fingerprint density at radius 1 is 1.26 bits per heavy atom. The molecular weight excluding hydrogens is 258 g/mol. The van der Waals surface area contributed by atoms with Crippen LogP contribution in [0.15, 0.2) is 42.6 Å². The molecule has 0 unspecified atom stereocenters. The van der Waals surface area contributed by atoms with Crippen molar-refractivity contribution in [1.82, 2.24) is 4.98 Å². The molecular formula is C15H18ClN3. The number of halogens is 1. The lowest BCUT2D eigenvalue weighted by Crippen LogP contribution is -2.24. The second kappa shape index (κ2) is 6.43. The van der Waals surface area contributed by atoms with Gasteiger partial charge in [-0.15, -0.1) is 0 Å². The number of nitrogens with two attached hydrogens (primary N) is 1. The predicted octanol–water partition coefficient (Wildman–Crippen LogP) is 3.73. The number of hydrogen-bond donors (Lipinski definition) is 1. The van der Waals surface area contributed by atoms with Gasteiger partial charge in [0.15, 0.2) is 0 Å². The number of pyridine rings is 1. The minimum Gasteiger partial charge on any atom is -0.399 e. The first-order chi connectivity index (χ1) is 9.19. The predicted molar refractivity (Wildman–Crippen MR) is 81.4 cm³/mol. The second-order valence-corrected chi connectivity index (χ2v) is 4.94. The average Bonchev–Trinajstić information content (AvgIpc) is 2.39. The zero-order valence-electron chi connectivity index (χ0n) is 11.0. The van der Waals surface area contributed by atoms with E-state index in [1.807, 2.05) is 30.3 Å². The highest BCUT2D eigenvalue weighted by atomic mass is 35.5. The first-order valence-corrected chi connectivity index (χ1v) is 6.77. The summed E-state index contributed by atoms with van der Waals surface area (Å²) in [5, 5.41) is 0.657. The number of benzene rings is 1. The molecule has 0 atom stereocenters. The van der Waals surface area contributed by atoms with Crippen LogP contribution in [-0.4, -0.2) is 11.5 Å². The summed E-state index contributed by atoms with van der Waals surface area (Å²) in [6, 6.07) is 11.8. The van der Waals surface area contributed by atoms with Gasteiger partial charge in [0.25, 0.3) is 0 Å². The Morgan fingerprint density at radius 2 is 2.11 bits per heavy atom. The normalized spacial score (nSPS) is 10.4. The van der Waals surface area contributed by atoms with E-state index in [0.717, 1.165) is 31.0 Å². The lowest BCUT2D eigenvalue weighted by Gasteiger charge is -2.23. The molecule has 0 radical (unpaired) electrons.